The molecule has 54 heavy (non-hydrogen) atoms. The van der Waals surface area contributed by atoms with Gasteiger partial charge in [0, 0.05) is 67.4 Å². The lowest BCUT2D eigenvalue weighted by Crippen LogP contribution is -2.35. The molecule has 2 saturated heterocycles. The highest BCUT2D eigenvalue weighted by atomic mass is 35.5. The lowest BCUT2D eigenvalue weighted by atomic mass is 9.94. The van der Waals surface area contributed by atoms with E-state index in [0.29, 0.717) is 71.3 Å². The van der Waals surface area contributed by atoms with Gasteiger partial charge in [0.25, 0.3) is 0 Å². The first-order valence-corrected chi connectivity index (χ1v) is 19.2. The summed E-state index contributed by atoms with van der Waals surface area (Å²) < 4.78 is 22.9. The van der Waals surface area contributed by atoms with Crippen LogP contribution >= 0.6 is 23.2 Å². The van der Waals surface area contributed by atoms with Crippen molar-refractivity contribution >= 4 is 35.1 Å². The molecule has 1 amide bonds. The molecule has 1 saturated carbocycles. The van der Waals surface area contributed by atoms with Gasteiger partial charge in [-0.25, -0.2) is 4.98 Å². The summed E-state index contributed by atoms with van der Waals surface area (Å²) in [6.07, 6.45) is 2.72. The number of piperidine rings is 1. The Balaban J connectivity index is 0.971. The third-order valence-corrected chi connectivity index (χ3v) is 11.9. The number of pyridine rings is 2. The predicted octanol–water partition coefficient (Wildman–Crippen LogP) is 6.42. The van der Waals surface area contributed by atoms with Crippen LogP contribution in [0.5, 0.6) is 17.6 Å². The van der Waals surface area contributed by atoms with Crippen LogP contribution in [0.2, 0.25) is 10.0 Å². The topological polar surface area (TPSA) is 124 Å². The minimum absolute atomic E-state index is 0.0208. The van der Waals surface area contributed by atoms with Crippen molar-refractivity contribution in [2.75, 3.05) is 41.0 Å². The molecule has 2 aliphatic carbocycles. The minimum atomic E-state index is -0.250. The largest absolute Gasteiger partial charge is 0.481 e. The predicted molar refractivity (Wildman–Crippen MR) is 205 cm³/mol. The zero-order chi connectivity index (χ0) is 37.5. The van der Waals surface area contributed by atoms with Crippen LogP contribution in [0.15, 0.2) is 54.6 Å². The van der Waals surface area contributed by atoms with Crippen molar-refractivity contribution in [1.82, 2.24) is 25.5 Å². The number of aromatic nitrogens is 2. The van der Waals surface area contributed by atoms with E-state index in [1.165, 1.54) is 12.7 Å². The quantitative estimate of drug-likeness (QED) is 0.147. The van der Waals surface area contributed by atoms with Crippen LogP contribution in [-0.4, -0.2) is 73.7 Å². The molecule has 2 aliphatic heterocycles. The molecule has 0 bridgehead atoms. The van der Waals surface area contributed by atoms with E-state index in [9.17, 15) is 9.59 Å². The average molecular weight is 773 g/mol. The van der Waals surface area contributed by atoms with Gasteiger partial charge in [0.2, 0.25) is 23.5 Å². The second-order valence-electron chi connectivity index (χ2n) is 14.5. The Morgan fingerprint density at radius 2 is 1.63 bits per heavy atom. The van der Waals surface area contributed by atoms with Crippen molar-refractivity contribution in [2.24, 2.45) is 17.8 Å². The van der Waals surface area contributed by atoms with E-state index in [1.807, 2.05) is 42.5 Å². The molecule has 0 radical (unpaired) electrons. The number of esters is 1. The molecule has 11 nitrogen and oxygen atoms in total. The highest BCUT2D eigenvalue weighted by Gasteiger charge is 2.60. The number of nitrogens with zero attached hydrogens (tertiary/aromatic N) is 3. The monoisotopic (exact) mass is 771 g/mol. The fraction of sp³-hybridized carbons (Fsp3) is 0.415. The maximum atomic E-state index is 12.0. The van der Waals surface area contributed by atoms with Crippen LogP contribution in [0, 0.1) is 17.8 Å². The number of halogens is 2. The van der Waals surface area contributed by atoms with E-state index >= 15 is 0 Å². The van der Waals surface area contributed by atoms with Crippen molar-refractivity contribution < 1.29 is 28.5 Å². The minimum Gasteiger partial charge on any atom is -0.481 e. The highest BCUT2D eigenvalue weighted by Crippen LogP contribution is 2.53. The summed E-state index contributed by atoms with van der Waals surface area (Å²) in [5.41, 5.74) is 7.52. The summed E-state index contributed by atoms with van der Waals surface area (Å²) >= 11 is 14.0. The number of rotatable bonds is 13. The maximum Gasteiger partial charge on any atom is 0.309 e. The number of hydrogen-bond donors (Lipinski definition) is 2. The molecule has 2 aromatic heterocycles. The molecule has 4 aromatic rings. The molecular formula is C41H43Cl2N5O6. The smallest absolute Gasteiger partial charge is 0.309 e. The Labute approximate surface area is 324 Å². The Hall–Kier alpha value is -4.42. The van der Waals surface area contributed by atoms with E-state index in [4.69, 9.17) is 52.1 Å². The Morgan fingerprint density at radius 3 is 2.37 bits per heavy atom. The van der Waals surface area contributed by atoms with Crippen LogP contribution in [0.25, 0.3) is 22.4 Å². The number of benzene rings is 2. The zero-order valence-electron chi connectivity index (χ0n) is 30.5. The first-order chi connectivity index (χ1) is 26.3. The molecule has 2 aromatic carbocycles. The van der Waals surface area contributed by atoms with Gasteiger partial charge in [-0.2, -0.15) is 4.98 Å². The summed E-state index contributed by atoms with van der Waals surface area (Å²) in [5, 5.41) is 7.43. The maximum absolute atomic E-state index is 12.0. The summed E-state index contributed by atoms with van der Waals surface area (Å²) in [5.74, 6) is 2.04. The zero-order valence-corrected chi connectivity index (χ0v) is 32.0. The lowest BCUT2D eigenvalue weighted by Gasteiger charge is -2.21. The number of carbonyl (C=O) groups is 2. The van der Waals surface area contributed by atoms with Crippen molar-refractivity contribution in [3.63, 3.8) is 0 Å². The SMILES string of the molecule is COC(=O)C1C2CN(Cc3cc(Cl)c(O[C@H]4CCc5c(-c6cccc(-c7ccc(CNC[C@@H]8CCC(=O)N8)c(OC)n7)c6Cl)cccc54)nc3OC)CC21. The number of ether oxygens (including phenoxy) is 4. The number of fused-ring (bicyclic) bond motifs is 2. The molecule has 4 heterocycles. The highest BCUT2D eigenvalue weighted by molar-refractivity contribution is 6.36. The van der Waals surface area contributed by atoms with Gasteiger partial charge in [0.15, 0.2) is 0 Å². The van der Waals surface area contributed by atoms with Gasteiger partial charge < -0.3 is 29.6 Å². The van der Waals surface area contributed by atoms with E-state index in [-0.39, 0.29) is 29.9 Å². The molecule has 8 rings (SSSR count). The van der Waals surface area contributed by atoms with Gasteiger partial charge in [0.1, 0.15) is 11.1 Å². The van der Waals surface area contributed by atoms with Gasteiger partial charge >= 0.3 is 5.97 Å². The third kappa shape index (κ3) is 7.10. The molecular weight excluding hydrogens is 729 g/mol. The van der Waals surface area contributed by atoms with Crippen LogP contribution < -0.4 is 24.8 Å². The van der Waals surface area contributed by atoms with Gasteiger partial charge in [-0.3, -0.25) is 14.5 Å². The summed E-state index contributed by atoms with van der Waals surface area (Å²) in [4.78, 5) is 35.4. The van der Waals surface area contributed by atoms with E-state index < -0.39 is 0 Å². The van der Waals surface area contributed by atoms with Gasteiger partial charge in [-0.05, 0) is 59.9 Å². The normalized spacial score (nSPS) is 22.8. The molecule has 4 aliphatic rings. The van der Waals surface area contributed by atoms with Crippen LogP contribution in [-0.2, 0) is 33.8 Å². The molecule has 282 valence electrons. The number of nitrogens with one attached hydrogen (secondary N) is 2. The number of hydrogen-bond acceptors (Lipinski definition) is 10. The van der Waals surface area contributed by atoms with Gasteiger partial charge in [-0.15, -0.1) is 0 Å². The van der Waals surface area contributed by atoms with Crippen molar-refractivity contribution in [1.29, 1.82) is 0 Å². The second kappa shape index (κ2) is 15.4. The van der Waals surface area contributed by atoms with Gasteiger partial charge in [0.05, 0.1) is 38.0 Å². The number of methoxy groups -OCH3 is 3. The van der Waals surface area contributed by atoms with Crippen molar-refractivity contribution in [3.05, 3.63) is 86.9 Å². The Kier molecular flexibility index (Phi) is 10.4. The third-order valence-electron chi connectivity index (χ3n) is 11.3. The average Bonchev–Trinajstić information content (AvgIpc) is 3.52. The Morgan fingerprint density at radius 1 is 0.889 bits per heavy atom. The molecule has 4 atom stereocenters. The fourth-order valence-electron chi connectivity index (χ4n) is 8.54. The second-order valence-corrected chi connectivity index (χ2v) is 15.3. The van der Waals surface area contributed by atoms with Crippen molar-refractivity contribution in [2.45, 2.75) is 50.9 Å². The van der Waals surface area contributed by atoms with Crippen LogP contribution in [0.4, 0.5) is 0 Å². The molecule has 2 unspecified atom stereocenters. The Bertz CT molecular complexity index is 2090. The first kappa shape index (κ1) is 36.6. The fourth-order valence-corrected chi connectivity index (χ4v) is 9.08. The number of amides is 1. The first-order valence-electron chi connectivity index (χ1n) is 18.4. The summed E-state index contributed by atoms with van der Waals surface area (Å²) in [7, 11) is 4.67. The summed E-state index contributed by atoms with van der Waals surface area (Å²) in [6.45, 7) is 3.53. The molecule has 0 spiro atoms. The molecule has 13 heteroatoms. The number of carbonyl (C=O) groups excluding carboxylic acids is 2. The van der Waals surface area contributed by atoms with E-state index in [1.54, 1.807) is 14.2 Å². The van der Waals surface area contributed by atoms with Crippen LogP contribution in [0.1, 0.15) is 47.6 Å². The molecule has 2 N–H and O–H groups in total. The standard InChI is InChI=1S/C41H43Cl2N5O6/c1-51-38-22(17-44-18-24-11-15-35(49)45-24)10-13-33(46-38)29-9-5-8-28(37(29)43)25-6-4-7-27-26(25)12-14-34(27)54-40-32(42)16-23(39(47-40)52-2)19-48-20-30-31(21-48)36(30)41(50)53-3/h4-10,13,16,24,30-31,34,36,44H,11-12,14-15,17-21H2,1-3H3,(H,45,49)/t24-,30?,31?,34-,36?/m0/s1. The van der Waals surface area contributed by atoms with E-state index in [2.05, 4.69) is 27.7 Å². The lowest BCUT2D eigenvalue weighted by molar-refractivity contribution is -0.143. The van der Waals surface area contributed by atoms with E-state index in [0.717, 1.165) is 65.7 Å². The van der Waals surface area contributed by atoms with Gasteiger partial charge in [-0.1, -0.05) is 65.7 Å². The summed E-state index contributed by atoms with van der Waals surface area (Å²) in [6, 6.07) is 18.2. The van der Waals surface area contributed by atoms with Crippen LogP contribution in [0.3, 0.4) is 0 Å². The van der Waals surface area contributed by atoms with Crippen molar-refractivity contribution in [3.8, 4) is 40.0 Å². The number of likely N-dealkylation sites (tertiary alicyclic amines) is 1. The molecule has 3 fully saturated rings.